The number of aromatic nitrogens is 5. The Labute approximate surface area is 212 Å². The fraction of sp³-hybridized carbons (Fsp3) is 0.227. The molecule has 3 N–H and O–H groups in total. The van der Waals surface area contributed by atoms with E-state index in [1.54, 1.807) is 10.8 Å². The van der Waals surface area contributed by atoms with Crippen LogP contribution in [0, 0.1) is 0 Å². The van der Waals surface area contributed by atoms with E-state index in [9.17, 15) is 14.8 Å². The van der Waals surface area contributed by atoms with Crippen molar-refractivity contribution in [3.05, 3.63) is 64.4 Å². The molecule has 2 unspecified atom stereocenters. The summed E-state index contributed by atoms with van der Waals surface area (Å²) in [4.78, 5) is 35.9. The Hall–Kier alpha value is -2.61. The van der Waals surface area contributed by atoms with Gasteiger partial charge in [0.2, 0.25) is 5.78 Å². The lowest BCUT2D eigenvalue weighted by Crippen LogP contribution is -2.38. The molecule has 4 aromatic heterocycles. The molecule has 2 aliphatic heterocycles. The van der Waals surface area contributed by atoms with Gasteiger partial charge in [-0.15, -0.1) is 11.3 Å². The van der Waals surface area contributed by atoms with E-state index in [-0.39, 0.29) is 23.3 Å². The Balaban J connectivity index is 1.40. The number of rotatable bonds is 4. The average Bonchev–Trinajstić information content (AvgIpc) is 3.67. The maximum atomic E-state index is 13.5. The SMILES string of the molecule is O=c1c2nc(Sc3cccs3)n([C@@H]3OC4COP(O)O[C@H]4[C@@H]3O)c2nc2[nH]c(-c3ccccc3)cn12. The molecule has 0 bridgehead atoms. The maximum Gasteiger partial charge on any atom is 0.330 e. The Morgan fingerprint density at radius 2 is 2.06 bits per heavy atom. The molecule has 7 rings (SSSR count). The van der Waals surface area contributed by atoms with Crippen molar-refractivity contribution in [3.8, 4) is 11.3 Å². The van der Waals surface area contributed by atoms with Gasteiger partial charge in [-0.3, -0.25) is 9.36 Å². The number of nitrogens with one attached hydrogen (secondary N) is 1. The summed E-state index contributed by atoms with van der Waals surface area (Å²) >= 11 is 2.88. The number of fused-ring (bicyclic) bond motifs is 3. The van der Waals surface area contributed by atoms with E-state index in [4.69, 9.17) is 18.8 Å². The van der Waals surface area contributed by atoms with Gasteiger partial charge >= 0.3 is 8.60 Å². The van der Waals surface area contributed by atoms with Gasteiger partial charge in [-0.1, -0.05) is 36.4 Å². The predicted molar refractivity (Wildman–Crippen MR) is 133 cm³/mol. The molecular formula is C22H18N5O6PS2. The zero-order chi connectivity index (χ0) is 24.4. The van der Waals surface area contributed by atoms with Crippen molar-refractivity contribution in [1.29, 1.82) is 0 Å². The van der Waals surface area contributed by atoms with E-state index >= 15 is 0 Å². The second-order valence-electron chi connectivity index (χ2n) is 8.27. The molecule has 2 aliphatic rings. The van der Waals surface area contributed by atoms with E-state index in [2.05, 4.69) is 9.97 Å². The summed E-state index contributed by atoms with van der Waals surface area (Å²) in [6, 6.07) is 13.5. The van der Waals surface area contributed by atoms with Crippen molar-refractivity contribution in [2.45, 2.75) is 33.9 Å². The summed E-state index contributed by atoms with van der Waals surface area (Å²) in [5.74, 6) is 0.337. The molecule has 5 atom stereocenters. The van der Waals surface area contributed by atoms with E-state index in [1.165, 1.54) is 27.5 Å². The highest BCUT2D eigenvalue weighted by Crippen LogP contribution is 2.47. The highest BCUT2D eigenvalue weighted by atomic mass is 32.2. The quantitative estimate of drug-likeness (QED) is 0.292. The zero-order valence-corrected chi connectivity index (χ0v) is 20.8. The van der Waals surface area contributed by atoms with E-state index in [1.807, 2.05) is 47.8 Å². The number of benzene rings is 1. The van der Waals surface area contributed by atoms with E-state index in [0.717, 1.165) is 15.5 Å². The number of imidazole rings is 2. The minimum atomic E-state index is -2.09. The summed E-state index contributed by atoms with van der Waals surface area (Å²) in [5.41, 5.74) is 1.72. The second-order valence-corrected chi connectivity index (χ2v) is 11.4. The van der Waals surface area contributed by atoms with Gasteiger partial charge in [-0.2, -0.15) is 4.98 Å². The summed E-state index contributed by atoms with van der Waals surface area (Å²) in [7, 11) is -2.09. The summed E-state index contributed by atoms with van der Waals surface area (Å²) < 4.78 is 20.8. The van der Waals surface area contributed by atoms with E-state index < -0.39 is 33.1 Å². The molecule has 6 heterocycles. The molecule has 14 heteroatoms. The number of hydrogen-bond acceptors (Lipinski definition) is 10. The van der Waals surface area contributed by atoms with Crippen LogP contribution in [0.2, 0.25) is 0 Å². The minimum Gasteiger partial charge on any atom is -0.386 e. The van der Waals surface area contributed by atoms with Crippen LogP contribution in [0.5, 0.6) is 0 Å². The molecule has 5 aromatic rings. The topological polar surface area (TPSA) is 136 Å². The Morgan fingerprint density at radius 3 is 2.86 bits per heavy atom. The lowest BCUT2D eigenvalue weighted by atomic mass is 10.1. The molecule has 0 amide bonds. The molecule has 2 fully saturated rings. The Kier molecular flexibility index (Phi) is 5.49. The van der Waals surface area contributed by atoms with Crippen molar-refractivity contribution in [1.82, 2.24) is 23.9 Å². The number of nitrogens with zero attached hydrogens (tertiary/aromatic N) is 4. The van der Waals surface area contributed by atoms with Gasteiger partial charge < -0.3 is 28.8 Å². The van der Waals surface area contributed by atoms with Crippen molar-refractivity contribution < 1.29 is 23.8 Å². The van der Waals surface area contributed by atoms with Crippen LogP contribution in [-0.2, 0) is 13.8 Å². The van der Waals surface area contributed by atoms with Crippen molar-refractivity contribution in [3.63, 3.8) is 0 Å². The van der Waals surface area contributed by atoms with E-state index in [0.29, 0.717) is 10.9 Å². The highest BCUT2D eigenvalue weighted by molar-refractivity contribution is 8.01. The van der Waals surface area contributed by atoms with Crippen LogP contribution in [0.25, 0.3) is 28.2 Å². The first-order valence-corrected chi connectivity index (χ1v) is 13.8. The molecule has 0 radical (unpaired) electrons. The van der Waals surface area contributed by atoms with Gasteiger partial charge in [0.15, 0.2) is 22.5 Å². The third kappa shape index (κ3) is 3.63. The predicted octanol–water partition coefficient (Wildman–Crippen LogP) is 3.14. The number of H-pyrrole nitrogens is 1. The van der Waals surface area contributed by atoms with Crippen molar-refractivity contribution >= 4 is 48.6 Å². The first-order valence-electron chi connectivity index (χ1n) is 11.0. The van der Waals surface area contributed by atoms with Crippen LogP contribution < -0.4 is 5.56 Å². The normalized spacial score (nSPS) is 26.1. The van der Waals surface area contributed by atoms with Gasteiger partial charge in [0.25, 0.3) is 5.56 Å². The van der Waals surface area contributed by atoms with Gasteiger partial charge in [0.05, 0.1) is 16.5 Å². The standard InChI is InChI=1S/C22H18N5O6PS2/c28-16-17-13(10-31-34(30)33-17)32-20(16)27-18-15(24-22(27)36-14-7-4-8-35-14)19(29)26-9-12(23-21(26)25-18)11-5-2-1-3-6-11/h1-9,13,16-17,20,28,30H,10H2,(H,23,25)/t13?,16-,17+,20+,34?/m0/s1. The second kappa shape index (κ2) is 8.75. The van der Waals surface area contributed by atoms with Crippen LogP contribution in [-0.4, -0.2) is 58.8 Å². The zero-order valence-electron chi connectivity index (χ0n) is 18.3. The van der Waals surface area contributed by atoms with Gasteiger partial charge in [0.1, 0.15) is 18.3 Å². The average molecular weight is 544 g/mol. The molecule has 2 saturated heterocycles. The Bertz CT molecular complexity index is 1620. The minimum absolute atomic E-state index is 0.0812. The summed E-state index contributed by atoms with van der Waals surface area (Å²) in [5, 5.41) is 13.5. The molecule has 0 aliphatic carbocycles. The van der Waals surface area contributed by atoms with Crippen molar-refractivity contribution in [2.24, 2.45) is 0 Å². The van der Waals surface area contributed by atoms with Crippen LogP contribution in [0.4, 0.5) is 0 Å². The van der Waals surface area contributed by atoms with Gasteiger partial charge in [-0.25, -0.2) is 9.38 Å². The third-order valence-corrected chi connectivity index (χ3v) is 8.92. The number of hydrogen-bond donors (Lipinski definition) is 3. The molecule has 11 nitrogen and oxygen atoms in total. The number of aromatic amines is 1. The summed E-state index contributed by atoms with van der Waals surface area (Å²) in [6.07, 6.45) is -1.76. The molecule has 0 saturated carbocycles. The number of aliphatic hydroxyl groups excluding tert-OH is 1. The first kappa shape index (κ1) is 22.6. The lowest BCUT2D eigenvalue weighted by molar-refractivity contribution is -0.0614. The molecular weight excluding hydrogens is 525 g/mol. The van der Waals surface area contributed by atoms with Crippen LogP contribution >= 0.6 is 31.7 Å². The number of aliphatic hydroxyl groups is 1. The van der Waals surface area contributed by atoms with Crippen LogP contribution in [0.1, 0.15) is 6.23 Å². The smallest absolute Gasteiger partial charge is 0.330 e. The number of ether oxygens (including phenoxy) is 1. The van der Waals surface area contributed by atoms with Crippen LogP contribution in [0.3, 0.4) is 0 Å². The molecule has 0 spiro atoms. The third-order valence-electron chi connectivity index (χ3n) is 6.12. The largest absolute Gasteiger partial charge is 0.386 e. The van der Waals surface area contributed by atoms with Crippen molar-refractivity contribution in [2.75, 3.05) is 6.61 Å². The van der Waals surface area contributed by atoms with Gasteiger partial charge in [-0.05, 0) is 28.8 Å². The van der Waals surface area contributed by atoms with Gasteiger partial charge in [0, 0.05) is 6.20 Å². The number of thiophene rings is 1. The lowest BCUT2D eigenvalue weighted by Gasteiger charge is -2.27. The Morgan fingerprint density at radius 1 is 1.19 bits per heavy atom. The molecule has 1 aromatic carbocycles. The molecule has 184 valence electrons. The first-order chi connectivity index (χ1) is 17.6. The van der Waals surface area contributed by atoms with Crippen LogP contribution in [0.15, 0.2) is 68.2 Å². The molecule has 36 heavy (non-hydrogen) atoms. The fourth-order valence-electron chi connectivity index (χ4n) is 4.45. The fourth-order valence-corrected chi connectivity index (χ4v) is 7.04. The maximum absolute atomic E-state index is 13.5. The summed E-state index contributed by atoms with van der Waals surface area (Å²) in [6.45, 7) is 0.0812. The highest BCUT2D eigenvalue weighted by Gasteiger charge is 2.50. The monoisotopic (exact) mass is 543 g/mol.